The van der Waals surface area contributed by atoms with E-state index in [1.54, 1.807) is 12.1 Å². The van der Waals surface area contributed by atoms with E-state index in [9.17, 15) is 9.59 Å². The quantitative estimate of drug-likeness (QED) is 0.737. The van der Waals surface area contributed by atoms with Crippen LogP contribution in [-0.2, 0) is 9.53 Å². The van der Waals surface area contributed by atoms with Gasteiger partial charge < -0.3 is 10.1 Å². The molecule has 24 heavy (non-hydrogen) atoms. The monoisotopic (exact) mass is 365 g/mol. The average molecular weight is 366 g/mol. The predicted octanol–water partition coefficient (Wildman–Crippen LogP) is 4.46. The maximum Gasteiger partial charge on any atom is 0.348 e. The minimum Gasteiger partial charge on any atom is -0.451 e. The van der Waals surface area contributed by atoms with Gasteiger partial charge in [0.25, 0.3) is 5.91 Å². The lowest BCUT2D eigenvalue weighted by atomic mass is 9.97. The molecule has 1 aromatic heterocycles. The number of thiophene rings is 1. The number of esters is 1. The van der Waals surface area contributed by atoms with Gasteiger partial charge in [0.1, 0.15) is 4.88 Å². The Hall–Kier alpha value is -1.85. The third-order valence-corrected chi connectivity index (χ3v) is 4.56. The van der Waals surface area contributed by atoms with Crippen molar-refractivity contribution in [1.29, 1.82) is 0 Å². The number of carbonyl (C=O) groups excluding carboxylic acids is 2. The van der Waals surface area contributed by atoms with Gasteiger partial charge in [-0.05, 0) is 30.0 Å². The molecule has 0 radical (unpaired) electrons. The number of nitrogens with one attached hydrogen (secondary N) is 1. The number of halogens is 1. The summed E-state index contributed by atoms with van der Waals surface area (Å²) in [6.45, 7) is 3.89. The molecule has 2 rings (SSSR count). The number of ether oxygens (including phenoxy) is 1. The topological polar surface area (TPSA) is 55.4 Å². The maximum absolute atomic E-state index is 12.1. The molecule has 6 heteroatoms. The fourth-order valence-corrected chi connectivity index (χ4v) is 3.23. The van der Waals surface area contributed by atoms with Crippen molar-refractivity contribution in [2.45, 2.75) is 26.3 Å². The van der Waals surface area contributed by atoms with Gasteiger partial charge in [-0.25, -0.2) is 4.79 Å². The number of benzene rings is 1. The van der Waals surface area contributed by atoms with E-state index in [0.29, 0.717) is 15.1 Å². The van der Waals surface area contributed by atoms with Gasteiger partial charge in [-0.3, -0.25) is 4.79 Å². The molecular formula is C18H20ClNO3S. The number of amides is 1. The zero-order valence-electron chi connectivity index (χ0n) is 13.6. The van der Waals surface area contributed by atoms with E-state index in [0.717, 1.165) is 23.3 Å². The molecular weight excluding hydrogens is 346 g/mol. The highest BCUT2D eigenvalue weighted by atomic mass is 35.5. The van der Waals surface area contributed by atoms with Gasteiger partial charge in [0.15, 0.2) is 6.61 Å². The molecule has 2 aromatic rings. The van der Waals surface area contributed by atoms with Gasteiger partial charge >= 0.3 is 5.97 Å². The normalized spacial score (nSPS) is 12.0. The summed E-state index contributed by atoms with van der Waals surface area (Å²) in [5, 5.41) is 2.94. The molecule has 1 unspecified atom stereocenters. The van der Waals surface area contributed by atoms with Crippen LogP contribution >= 0.6 is 22.9 Å². The van der Waals surface area contributed by atoms with E-state index < -0.39 is 5.97 Å². The Kier molecular flexibility index (Phi) is 6.82. The molecule has 0 spiro atoms. The van der Waals surface area contributed by atoms with Crippen molar-refractivity contribution in [1.82, 2.24) is 5.32 Å². The summed E-state index contributed by atoms with van der Waals surface area (Å²) in [6.07, 6.45) is 0.810. The zero-order chi connectivity index (χ0) is 17.5. The van der Waals surface area contributed by atoms with Gasteiger partial charge in [-0.15, -0.1) is 11.3 Å². The Balaban J connectivity index is 1.91. The van der Waals surface area contributed by atoms with Crippen LogP contribution in [0.1, 0.15) is 41.5 Å². The van der Waals surface area contributed by atoms with Crippen molar-refractivity contribution >= 4 is 34.8 Å². The first-order valence-corrected chi connectivity index (χ1v) is 8.92. The van der Waals surface area contributed by atoms with Crippen molar-refractivity contribution in [3.05, 3.63) is 57.2 Å². The predicted molar refractivity (Wildman–Crippen MR) is 96.4 cm³/mol. The Labute approximate surface area is 150 Å². The van der Waals surface area contributed by atoms with Gasteiger partial charge in [0.2, 0.25) is 0 Å². The third kappa shape index (κ3) is 5.65. The largest absolute Gasteiger partial charge is 0.451 e. The highest BCUT2D eigenvalue weighted by Gasteiger charge is 2.18. The van der Waals surface area contributed by atoms with Gasteiger partial charge in [0, 0.05) is 0 Å². The van der Waals surface area contributed by atoms with Crippen LogP contribution in [0.15, 0.2) is 42.5 Å². The van der Waals surface area contributed by atoms with E-state index in [4.69, 9.17) is 16.3 Å². The second-order valence-corrected chi connectivity index (χ2v) is 7.56. The molecule has 0 saturated heterocycles. The molecule has 1 N–H and O–H groups in total. The molecule has 0 aliphatic rings. The van der Waals surface area contributed by atoms with Gasteiger partial charge in [-0.2, -0.15) is 0 Å². The van der Waals surface area contributed by atoms with Crippen LogP contribution in [0, 0.1) is 5.92 Å². The molecule has 128 valence electrons. The van der Waals surface area contributed by atoms with Crippen LogP contribution in [-0.4, -0.2) is 18.5 Å². The molecule has 1 amide bonds. The fraction of sp³-hybridized carbons (Fsp3) is 0.333. The Morgan fingerprint density at radius 3 is 2.46 bits per heavy atom. The van der Waals surface area contributed by atoms with Crippen molar-refractivity contribution in [3.63, 3.8) is 0 Å². The fourth-order valence-electron chi connectivity index (χ4n) is 2.30. The molecule has 1 heterocycles. The third-order valence-electron chi connectivity index (χ3n) is 3.35. The highest BCUT2D eigenvalue weighted by Crippen LogP contribution is 2.22. The number of hydrogen-bond donors (Lipinski definition) is 1. The molecule has 0 aliphatic heterocycles. The average Bonchev–Trinajstić information content (AvgIpc) is 2.99. The van der Waals surface area contributed by atoms with Crippen molar-refractivity contribution in [2.24, 2.45) is 5.92 Å². The van der Waals surface area contributed by atoms with E-state index in [2.05, 4.69) is 19.2 Å². The standard InChI is InChI=1S/C18H20ClNO3S/c1-12(2)10-14(13-6-4-3-5-7-13)20-17(21)11-23-18(22)15-8-9-16(19)24-15/h3-9,12,14H,10-11H2,1-2H3,(H,20,21). The van der Waals surface area contributed by atoms with Crippen molar-refractivity contribution in [2.75, 3.05) is 6.61 Å². The van der Waals surface area contributed by atoms with E-state index in [1.165, 1.54) is 0 Å². The highest BCUT2D eigenvalue weighted by molar-refractivity contribution is 7.17. The minimum atomic E-state index is -0.540. The summed E-state index contributed by atoms with van der Waals surface area (Å²) in [6, 6.07) is 12.9. The number of rotatable bonds is 7. The molecule has 0 saturated carbocycles. The van der Waals surface area contributed by atoms with Gasteiger partial charge in [0.05, 0.1) is 10.4 Å². The Morgan fingerprint density at radius 2 is 1.88 bits per heavy atom. The number of hydrogen-bond acceptors (Lipinski definition) is 4. The van der Waals surface area contributed by atoms with Crippen LogP contribution in [0.5, 0.6) is 0 Å². The van der Waals surface area contributed by atoms with Crippen LogP contribution in [0.4, 0.5) is 0 Å². The lowest BCUT2D eigenvalue weighted by molar-refractivity contribution is -0.125. The zero-order valence-corrected chi connectivity index (χ0v) is 15.2. The summed E-state index contributed by atoms with van der Waals surface area (Å²) >= 11 is 6.91. The van der Waals surface area contributed by atoms with Crippen molar-refractivity contribution < 1.29 is 14.3 Å². The smallest absolute Gasteiger partial charge is 0.348 e. The van der Waals surface area contributed by atoms with E-state index >= 15 is 0 Å². The van der Waals surface area contributed by atoms with Crippen molar-refractivity contribution in [3.8, 4) is 0 Å². The maximum atomic E-state index is 12.1. The number of carbonyl (C=O) groups is 2. The first-order chi connectivity index (χ1) is 11.5. The summed E-state index contributed by atoms with van der Waals surface area (Å²) in [4.78, 5) is 24.4. The van der Waals surface area contributed by atoms with E-state index in [-0.39, 0.29) is 18.6 Å². The van der Waals surface area contributed by atoms with Gasteiger partial charge in [-0.1, -0.05) is 55.8 Å². The molecule has 0 aliphatic carbocycles. The molecule has 4 nitrogen and oxygen atoms in total. The lowest BCUT2D eigenvalue weighted by Gasteiger charge is -2.21. The second-order valence-electron chi connectivity index (χ2n) is 5.84. The SMILES string of the molecule is CC(C)CC(NC(=O)COC(=O)c1ccc(Cl)s1)c1ccccc1. The summed E-state index contributed by atoms with van der Waals surface area (Å²) in [5.41, 5.74) is 1.04. The first kappa shape index (κ1) is 18.5. The second kappa shape index (κ2) is 8.85. The summed E-state index contributed by atoms with van der Waals surface area (Å²) in [7, 11) is 0. The van der Waals surface area contributed by atoms with Crippen LogP contribution in [0.3, 0.4) is 0 Å². The summed E-state index contributed by atoms with van der Waals surface area (Å²) < 4.78 is 5.55. The molecule has 0 fully saturated rings. The molecule has 1 aromatic carbocycles. The Bertz CT molecular complexity index is 685. The molecule has 0 bridgehead atoms. The molecule has 1 atom stereocenters. The van der Waals surface area contributed by atoms with Crippen LogP contribution < -0.4 is 5.32 Å². The van der Waals surface area contributed by atoms with Crippen LogP contribution in [0.25, 0.3) is 0 Å². The lowest BCUT2D eigenvalue weighted by Crippen LogP contribution is -2.33. The first-order valence-electron chi connectivity index (χ1n) is 7.72. The minimum absolute atomic E-state index is 0.103. The van der Waals surface area contributed by atoms with E-state index in [1.807, 2.05) is 30.3 Å². The van der Waals surface area contributed by atoms with Crippen LogP contribution in [0.2, 0.25) is 4.34 Å². The summed E-state index contributed by atoms with van der Waals surface area (Å²) in [5.74, 6) is -0.436. The Morgan fingerprint density at radius 1 is 1.17 bits per heavy atom.